The van der Waals surface area contributed by atoms with Crippen molar-refractivity contribution in [2.45, 2.75) is 57.3 Å². The Balaban J connectivity index is 1.64. The number of carboxylic acid groups (broad SMARTS) is 1. The molecule has 2 atom stereocenters. The molecule has 2 unspecified atom stereocenters. The fourth-order valence-corrected chi connectivity index (χ4v) is 5.66. The van der Waals surface area contributed by atoms with Crippen LogP contribution in [-0.4, -0.2) is 86.9 Å². The van der Waals surface area contributed by atoms with Crippen molar-refractivity contribution in [3.8, 4) is 0 Å². The van der Waals surface area contributed by atoms with Crippen molar-refractivity contribution in [3.05, 3.63) is 64.1 Å². The number of fused-ring (bicyclic) bond motifs is 1. The first-order chi connectivity index (χ1) is 21.0. The summed E-state index contributed by atoms with van der Waals surface area (Å²) < 4.78 is 54.4. The van der Waals surface area contributed by atoms with E-state index in [-0.39, 0.29) is 49.0 Å². The molecule has 2 aliphatic heterocycles. The fourth-order valence-electron chi connectivity index (χ4n) is 5.41. The molecule has 1 aromatic carbocycles. The molecule has 3 N–H and O–H groups in total. The van der Waals surface area contributed by atoms with Gasteiger partial charge in [0.25, 0.3) is 5.91 Å². The van der Waals surface area contributed by atoms with E-state index in [9.17, 15) is 41.8 Å². The monoisotopic (exact) mass is 698 g/mol. The number of pyridine rings is 1. The summed E-state index contributed by atoms with van der Waals surface area (Å²) in [6, 6.07) is 8.05. The molecule has 4 rings (SSSR count). The lowest BCUT2D eigenvalue weighted by atomic mass is 9.74. The molecule has 1 fully saturated rings. The van der Waals surface area contributed by atoms with Gasteiger partial charge in [0.1, 0.15) is 29.4 Å². The van der Waals surface area contributed by atoms with Gasteiger partial charge in [-0.25, -0.2) is 14.2 Å². The molecule has 16 heteroatoms. The van der Waals surface area contributed by atoms with Gasteiger partial charge < -0.3 is 20.6 Å². The van der Waals surface area contributed by atoms with Gasteiger partial charge in [0.2, 0.25) is 11.8 Å². The number of hydrogen-bond acceptors (Lipinski definition) is 6. The standard InChI is InChI=1S/C29H31BrF4N6O5/c1-27(2,37-26(44)45)24(42)36-21(9-7-17-6-8-19(30)20(31)13-17)23(41)39-12-10-22-28(15-39,14-18-5-3-4-11-35-18)25(43)40(38-22)16-29(32,33)34/h3-6,8,11,13,21,37H,7,9-10,12,14-16H2,1-2H3,(H,36,42)(H,44,45). The van der Waals surface area contributed by atoms with Crippen molar-refractivity contribution in [1.29, 1.82) is 0 Å². The van der Waals surface area contributed by atoms with Crippen molar-refractivity contribution >= 4 is 45.5 Å². The highest BCUT2D eigenvalue weighted by Gasteiger charge is 2.56. The fraction of sp³-hybridized carbons (Fsp3) is 0.448. The van der Waals surface area contributed by atoms with Crippen LogP contribution in [0.25, 0.3) is 0 Å². The van der Waals surface area contributed by atoms with E-state index < -0.39 is 59.3 Å². The zero-order valence-corrected chi connectivity index (χ0v) is 25.9. The largest absolute Gasteiger partial charge is 0.465 e. The molecule has 0 saturated carbocycles. The summed E-state index contributed by atoms with van der Waals surface area (Å²) in [6.07, 6.45) is -4.74. The first-order valence-corrected chi connectivity index (χ1v) is 14.7. The number of carbonyl (C=O) groups is 4. The Hall–Kier alpha value is -4.08. The second-order valence-electron chi connectivity index (χ2n) is 11.5. The van der Waals surface area contributed by atoms with Crippen LogP contribution in [0, 0.1) is 11.2 Å². The second kappa shape index (κ2) is 13.1. The highest BCUT2D eigenvalue weighted by Crippen LogP contribution is 2.39. The maximum absolute atomic E-state index is 14.2. The van der Waals surface area contributed by atoms with Crippen LogP contribution in [0.4, 0.5) is 22.4 Å². The summed E-state index contributed by atoms with van der Waals surface area (Å²) in [6.45, 7) is 0.677. The molecule has 45 heavy (non-hydrogen) atoms. The molecule has 0 bridgehead atoms. The van der Waals surface area contributed by atoms with E-state index in [0.29, 0.717) is 16.3 Å². The number of aromatic nitrogens is 1. The minimum Gasteiger partial charge on any atom is -0.465 e. The molecule has 242 valence electrons. The average Bonchev–Trinajstić information content (AvgIpc) is 3.20. The molecule has 11 nitrogen and oxygen atoms in total. The molecule has 2 aromatic rings. The van der Waals surface area contributed by atoms with Crippen LogP contribution in [0.15, 0.2) is 52.2 Å². The van der Waals surface area contributed by atoms with Gasteiger partial charge in [0.05, 0.1) is 10.2 Å². The van der Waals surface area contributed by atoms with E-state index in [0.717, 1.165) is 0 Å². The third-order valence-corrected chi connectivity index (χ3v) is 8.31. The maximum atomic E-state index is 14.2. The highest BCUT2D eigenvalue weighted by molar-refractivity contribution is 9.10. The number of carbonyl (C=O) groups excluding carboxylic acids is 3. The Morgan fingerprint density at radius 2 is 1.91 bits per heavy atom. The molecule has 0 spiro atoms. The van der Waals surface area contributed by atoms with E-state index in [1.54, 1.807) is 24.3 Å². The number of amides is 4. The number of aryl methyl sites for hydroxylation is 1. The molecule has 2 aliphatic rings. The van der Waals surface area contributed by atoms with Gasteiger partial charge in [0, 0.05) is 37.8 Å². The van der Waals surface area contributed by atoms with Crippen LogP contribution in [0.3, 0.4) is 0 Å². The Labute approximate surface area is 264 Å². The van der Waals surface area contributed by atoms with Gasteiger partial charge in [-0.1, -0.05) is 12.1 Å². The number of hydrazone groups is 1. The zero-order chi connectivity index (χ0) is 33.2. The van der Waals surface area contributed by atoms with Gasteiger partial charge in [-0.2, -0.15) is 18.3 Å². The van der Waals surface area contributed by atoms with Crippen molar-refractivity contribution in [3.63, 3.8) is 0 Å². The van der Waals surface area contributed by atoms with Crippen molar-refractivity contribution in [2.24, 2.45) is 10.5 Å². The van der Waals surface area contributed by atoms with Crippen LogP contribution in [0.2, 0.25) is 0 Å². The molecule has 0 radical (unpaired) electrons. The normalized spacial score (nSPS) is 19.1. The summed E-state index contributed by atoms with van der Waals surface area (Å²) in [4.78, 5) is 57.6. The molecule has 3 heterocycles. The van der Waals surface area contributed by atoms with E-state index >= 15 is 0 Å². The zero-order valence-electron chi connectivity index (χ0n) is 24.3. The number of alkyl halides is 3. The summed E-state index contributed by atoms with van der Waals surface area (Å²) in [5.41, 5.74) is -2.15. The third kappa shape index (κ3) is 7.96. The molecular weight excluding hydrogens is 668 g/mol. The van der Waals surface area contributed by atoms with Crippen molar-refractivity contribution in [2.75, 3.05) is 19.6 Å². The van der Waals surface area contributed by atoms with Crippen molar-refractivity contribution < 1.29 is 41.8 Å². The predicted molar refractivity (Wildman–Crippen MR) is 156 cm³/mol. The van der Waals surface area contributed by atoms with Crippen LogP contribution in [-0.2, 0) is 27.2 Å². The number of benzene rings is 1. The first-order valence-electron chi connectivity index (χ1n) is 13.9. The molecular formula is C29H31BrF4N6O5. The Bertz CT molecular complexity index is 1510. The quantitative estimate of drug-likeness (QED) is 0.323. The number of piperidine rings is 1. The van der Waals surface area contributed by atoms with Crippen LogP contribution in [0.1, 0.15) is 37.9 Å². The molecule has 1 saturated heterocycles. The Kier molecular flexibility index (Phi) is 9.85. The van der Waals surface area contributed by atoms with Gasteiger partial charge in [-0.3, -0.25) is 19.4 Å². The van der Waals surface area contributed by atoms with E-state index in [1.807, 2.05) is 0 Å². The highest BCUT2D eigenvalue weighted by atomic mass is 79.9. The van der Waals surface area contributed by atoms with Gasteiger partial charge in [-0.15, -0.1) is 0 Å². The summed E-state index contributed by atoms with van der Waals surface area (Å²) in [5.74, 6) is -2.92. The minimum absolute atomic E-state index is 0.00910. The summed E-state index contributed by atoms with van der Waals surface area (Å²) >= 11 is 3.08. The number of hydrogen-bond donors (Lipinski definition) is 3. The number of likely N-dealkylation sites (tertiary alicyclic amines) is 1. The van der Waals surface area contributed by atoms with E-state index in [2.05, 4.69) is 36.6 Å². The maximum Gasteiger partial charge on any atom is 0.408 e. The average molecular weight is 700 g/mol. The first kappa shape index (κ1) is 33.8. The lowest BCUT2D eigenvalue weighted by Crippen LogP contribution is -2.62. The molecule has 1 aromatic heterocycles. The van der Waals surface area contributed by atoms with Gasteiger partial charge in [0.15, 0.2) is 0 Å². The predicted octanol–water partition coefficient (Wildman–Crippen LogP) is 3.67. The van der Waals surface area contributed by atoms with Crippen molar-refractivity contribution in [1.82, 2.24) is 25.5 Å². The van der Waals surface area contributed by atoms with Crippen LogP contribution >= 0.6 is 15.9 Å². The summed E-state index contributed by atoms with van der Waals surface area (Å²) in [5, 5.41) is 18.2. The lowest BCUT2D eigenvalue weighted by molar-refractivity contribution is -0.164. The van der Waals surface area contributed by atoms with Crippen LogP contribution < -0.4 is 10.6 Å². The lowest BCUT2D eigenvalue weighted by Gasteiger charge is -2.41. The Morgan fingerprint density at radius 1 is 1.18 bits per heavy atom. The molecule has 0 aliphatic carbocycles. The summed E-state index contributed by atoms with van der Waals surface area (Å²) in [7, 11) is 0. The van der Waals surface area contributed by atoms with E-state index in [1.165, 1.54) is 37.1 Å². The van der Waals surface area contributed by atoms with Gasteiger partial charge in [-0.05, 0) is 72.4 Å². The Morgan fingerprint density at radius 3 is 2.53 bits per heavy atom. The number of nitrogens with zero attached hydrogens (tertiary/aromatic N) is 4. The number of rotatable bonds is 10. The van der Waals surface area contributed by atoms with Gasteiger partial charge >= 0.3 is 12.3 Å². The van der Waals surface area contributed by atoms with E-state index in [4.69, 9.17) is 0 Å². The SMILES string of the molecule is CC(C)(NC(=O)O)C(=O)NC(CCc1ccc(Br)c(F)c1)C(=O)N1CCC2=NN(CC(F)(F)F)C(=O)C2(Cc2ccccn2)C1. The minimum atomic E-state index is -4.71. The van der Waals surface area contributed by atoms with Crippen LogP contribution in [0.5, 0.6) is 0 Å². The number of nitrogens with one attached hydrogen (secondary N) is 2. The third-order valence-electron chi connectivity index (χ3n) is 7.66. The number of halogens is 5. The smallest absolute Gasteiger partial charge is 0.408 e. The molecule has 4 amide bonds. The second-order valence-corrected chi connectivity index (χ2v) is 12.3. The topological polar surface area (TPSA) is 144 Å².